The van der Waals surface area contributed by atoms with Gasteiger partial charge < -0.3 is 0 Å². The van der Waals surface area contributed by atoms with Crippen LogP contribution in [0.5, 0.6) is 0 Å². The van der Waals surface area contributed by atoms with Crippen LogP contribution in [0.1, 0.15) is 15.2 Å². The summed E-state index contributed by atoms with van der Waals surface area (Å²) in [5, 5.41) is 8.70. The molecule has 8 heteroatoms. The number of aromatic nitrogens is 1. The summed E-state index contributed by atoms with van der Waals surface area (Å²) in [5.74, 6) is -0.288. The number of carbonyl (C=O) groups excluding carboxylic acids is 1. The first-order valence-electron chi connectivity index (χ1n) is 7.84. The number of hydrogen-bond donors (Lipinski definition) is 0. The number of anilines is 1. The van der Waals surface area contributed by atoms with E-state index in [4.69, 9.17) is 11.6 Å². The lowest BCUT2D eigenvalue weighted by Gasteiger charge is -2.13. The monoisotopic (exact) mass is 475 g/mol. The molecule has 4 nitrogen and oxygen atoms in total. The molecule has 2 aromatic carbocycles. The maximum absolute atomic E-state index is 13.1. The molecule has 0 radical (unpaired) electrons. The maximum atomic E-state index is 13.1. The number of hydrogen-bond acceptors (Lipinski definition) is 5. The SMILES string of the molecule is O=C(c1cccc(Cl)c1)N(/N=C/c1cccs1)c1nc2ccc(Br)cc2s1. The molecule has 0 atom stereocenters. The number of fused-ring (bicyclic) bond motifs is 1. The molecule has 134 valence electrons. The molecule has 2 aromatic heterocycles. The molecule has 1 amide bonds. The zero-order valence-electron chi connectivity index (χ0n) is 13.7. The maximum Gasteiger partial charge on any atom is 0.280 e. The van der Waals surface area contributed by atoms with E-state index >= 15 is 0 Å². The van der Waals surface area contributed by atoms with Crippen molar-refractivity contribution in [2.45, 2.75) is 0 Å². The first kappa shape index (κ1) is 18.3. The van der Waals surface area contributed by atoms with Gasteiger partial charge in [-0.25, -0.2) is 4.98 Å². The first-order valence-corrected chi connectivity index (χ1v) is 10.7. The summed E-state index contributed by atoms with van der Waals surface area (Å²) in [6.45, 7) is 0. The van der Waals surface area contributed by atoms with E-state index in [1.54, 1.807) is 41.8 Å². The van der Waals surface area contributed by atoms with E-state index in [-0.39, 0.29) is 5.91 Å². The smallest absolute Gasteiger partial charge is 0.267 e. The summed E-state index contributed by atoms with van der Waals surface area (Å²) >= 11 is 12.5. The topological polar surface area (TPSA) is 45.6 Å². The molecule has 4 aromatic rings. The second-order valence-corrected chi connectivity index (χ2v) is 8.84. The van der Waals surface area contributed by atoms with Crippen LogP contribution in [0.25, 0.3) is 10.2 Å². The van der Waals surface area contributed by atoms with Gasteiger partial charge in [-0.2, -0.15) is 10.1 Å². The summed E-state index contributed by atoms with van der Waals surface area (Å²) < 4.78 is 1.93. The Morgan fingerprint density at radius 3 is 2.85 bits per heavy atom. The summed E-state index contributed by atoms with van der Waals surface area (Å²) in [7, 11) is 0. The zero-order valence-corrected chi connectivity index (χ0v) is 17.6. The van der Waals surface area contributed by atoms with Crippen LogP contribution in [0.15, 0.2) is 69.6 Å². The highest BCUT2D eigenvalue weighted by Crippen LogP contribution is 2.32. The van der Waals surface area contributed by atoms with Crippen LogP contribution in [0, 0.1) is 0 Å². The number of thiophene rings is 1. The number of benzene rings is 2. The van der Waals surface area contributed by atoms with E-state index in [2.05, 4.69) is 26.0 Å². The predicted molar refractivity (Wildman–Crippen MR) is 117 cm³/mol. The van der Waals surface area contributed by atoms with Crippen molar-refractivity contribution in [2.24, 2.45) is 5.10 Å². The van der Waals surface area contributed by atoms with Gasteiger partial charge in [-0.05, 0) is 47.8 Å². The van der Waals surface area contributed by atoms with Crippen molar-refractivity contribution in [3.05, 3.63) is 79.9 Å². The van der Waals surface area contributed by atoms with E-state index < -0.39 is 0 Å². The minimum atomic E-state index is -0.288. The predicted octanol–water partition coefficient (Wildman–Crippen LogP) is 6.45. The molecule has 0 spiro atoms. The summed E-state index contributed by atoms with van der Waals surface area (Å²) in [6.07, 6.45) is 1.66. The lowest BCUT2D eigenvalue weighted by atomic mass is 10.2. The molecular weight excluding hydrogens is 466 g/mol. The van der Waals surface area contributed by atoms with Gasteiger partial charge >= 0.3 is 0 Å². The Morgan fingerprint density at radius 2 is 2.07 bits per heavy atom. The van der Waals surface area contributed by atoms with Crippen molar-refractivity contribution in [1.82, 2.24) is 4.98 Å². The normalized spacial score (nSPS) is 11.3. The van der Waals surface area contributed by atoms with E-state index in [9.17, 15) is 4.79 Å². The molecule has 0 aliphatic rings. The average Bonchev–Trinajstić information content (AvgIpc) is 3.31. The molecule has 0 aliphatic heterocycles. The van der Waals surface area contributed by atoms with Crippen LogP contribution < -0.4 is 5.01 Å². The first-order chi connectivity index (χ1) is 13.1. The third-order valence-electron chi connectivity index (χ3n) is 3.63. The fourth-order valence-electron chi connectivity index (χ4n) is 2.39. The average molecular weight is 477 g/mol. The number of carbonyl (C=O) groups is 1. The van der Waals surface area contributed by atoms with Crippen molar-refractivity contribution in [3.63, 3.8) is 0 Å². The van der Waals surface area contributed by atoms with E-state index in [1.165, 1.54) is 16.3 Å². The van der Waals surface area contributed by atoms with Crippen LogP contribution >= 0.6 is 50.2 Å². The van der Waals surface area contributed by atoms with Gasteiger partial charge in [0.25, 0.3) is 5.91 Å². The van der Waals surface area contributed by atoms with E-state index in [0.29, 0.717) is 15.7 Å². The zero-order chi connectivity index (χ0) is 18.8. The Bertz CT molecular complexity index is 1140. The Morgan fingerprint density at radius 1 is 1.19 bits per heavy atom. The lowest BCUT2D eigenvalue weighted by molar-refractivity contribution is 0.0988. The van der Waals surface area contributed by atoms with Gasteiger partial charge in [0, 0.05) is 19.9 Å². The second kappa shape index (κ2) is 7.90. The Hall–Kier alpha value is -2.06. The molecule has 0 aliphatic carbocycles. The highest BCUT2D eigenvalue weighted by atomic mass is 79.9. The van der Waals surface area contributed by atoms with E-state index in [0.717, 1.165) is 19.6 Å². The van der Waals surface area contributed by atoms with Crippen LogP contribution in [0.2, 0.25) is 5.02 Å². The third-order valence-corrected chi connectivity index (χ3v) is 6.16. The molecule has 0 unspecified atom stereocenters. The van der Waals surface area contributed by atoms with Gasteiger partial charge in [-0.3, -0.25) is 4.79 Å². The number of nitrogens with zero attached hydrogens (tertiary/aromatic N) is 3. The van der Waals surface area contributed by atoms with Gasteiger partial charge in [0.15, 0.2) is 0 Å². The lowest BCUT2D eigenvalue weighted by Crippen LogP contribution is -2.25. The largest absolute Gasteiger partial charge is 0.280 e. The Labute approximate surface area is 176 Å². The molecule has 0 saturated carbocycles. The molecule has 0 fully saturated rings. The molecule has 4 rings (SSSR count). The molecule has 0 N–H and O–H groups in total. The molecule has 27 heavy (non-hydrogen) atoms. The standard InChI is InChI=1S/C19H11BrClN3OS2/c20-13-6-7-16-17(10-13)27-19(23-16)24(22-11-15-5-2-8-26-15)18(25)12-3-1-4-14(21)9-12/h1-11H/b22-11+. The fourth-order valence-corrected chi connectivity index (χ4v) is 4.63. The molecule has 2 heterocycles. The quantitative estimate of drug-likeness (QED) is 0.251. The number of thiazole rings is 1. The van der Waals surface area contributed by atoms with Crippen LogP contribution in [-0.2, 0) is 0 Å². The van der Waals surface area contributed by atoms with Crippen molar-refractivity contribution >= 4 is 77.7 Å². The van der Waals surface area contributed by atoms with Gasteiger partial charge in [-0.1, -0.05) is 51.0 Å². The third kappa shape index (κ3) is 4.11. The van der Waals surface area contributed by atoms with Crippen molar-refractivity contribution in [3.8, 4) is 0 Å². The van der Waals surface area contributed by atoms with Gasteiger partial charge in [-0.15, -0.1) is 11.3 Å². The van der Waals surface area contributed by atoms with Crippen molar-refractivity contribution in [2.75, 3.05) is 5.01 Å². The van der Waals surface area contributed by atoms with Crippen molar-refractivity contribution in [1.29, 1.82) is 0 Å². The van der Waals surface area contributed by atoms with Crippen LogP contribution in [-0.4, -0.2) is 17.1 Å². The summed E-state index contributed by atoms with van der Waals surface area (Å²) in [4.78, 5) is 18.6. The minimum absolute atomic E-state index is 0.288. The number of hydrazone groups is 1. The van der Waals surface area contributed by atoms with Gasteiger partial charge in [0.2, 0.25) is 5.13 Å². The Kier molecular flexibility index (Phi) is 5.36. The molecule has 0 saturated heterocycles. The van der Waals surface area contributed by atoms with E-state index in [1.807, 2.05) is 35.7 Å². The van der Waals surface area contributed by atoms with Gasteiger partial charge in [0.05, 0.1) is 16.4 Å². The molecular formula is C19H11BrClN3OS2. The molecule has 0 bridgehead atoms. The minimum Gasteiger partial charge on any atom is -0.267 e. The number of halogens is 2. The van der Waals surface area contributed by atoms with Crippen molar-refractivity contribution < 1.29 is 4.79 Å². The number of amides is 1. The second-order valence-electron chi connectivity index (χ2n) is 5.50. The van der Waals surface area contributed by atoms with Crippen LogP contribution in [0.3, 0.4) is 0 Å². The van der Waals surface area contributed by atoms with Gasteiger partial charge in [0.1, 0.15) is 0 Å². The fraction of sp³-hybridized carbons (Fsp3) is 0. The highest BCUT2D eigenvalue weighted by molar-refractivity contribution is 9.10. The van der Waals surface area contributed by atoms with Crippen LogP contribution in [0.4, 0.5) is 5.13 Å². The summed E-state index contributed by atoms with van der Waals surface area (Å²) in [5.41, 5.74) is 1.26. The number of rotatable bonds is 4. The Balaban J connectivity index is 1.77. The summed E-state index contributed by atoms with van der Waals surface area (Å²) in [6, 6.07) is 16.5. The highest BCUT2D eigenvalue weighted by Gasteiger charge is 2.21.